The van der Waals surface area contributed by atoms with Gasteiger partial charge >= 0.3 is 26.2 Å². The van der Waals surface area contributed by atoms with Crippen LogP contribution in [0.15, 0.2) is 72.8 Å². The molecule has 47 heavy (non-hydrogen) atoms. The number of halogens is 2. The molecule has 4 saturated carbocycles. The molecule has 4 aliphatic rings. The van der Waals surface area contributed by atoms with E-state index in [0.717, 1.165) is 22.6 Å². The minimum absolute atomic E-state index is 0. The molecule has 0 atom stereocenters. The standard InChI is InChI=1S/2C21H28P.2FH.Zr/c2*1-3-11-19(12-4-1)22(20-13-5-2-6-14-20)21-15-17-9-7-8-10-18(17)16-21;;;/h2*7-10,15-16,19-20H,1-6,11-14H2;2*1H;/q2*-1;;;+4/p-2. The fraction of sp³-hybridized carbons (Fsp3) is 0.571. The number of hydrogen-bond acceptors (Lipinski definition) is 0. The van der Waals surface area contributed by atoms with Gasteiger partial charge in [0.25, 0.3) is 0 Å². The number of hydrogen-bond donors (Lipinski definition) is 0. The van der Waals surface area contributed by atoms with Crippen molar-refractivity contribution in [1.82, 2.24) is 0 Å². The average Bonchev–Trinajstić information content (AvgIpc) is 3.72. The van der Waals surface area contributed by atoms with E-state index in [0.29, 0.717) is 0 Å². The third-order valence-corrected chi connectivity index (χ3v) is 18.6. The fourth-order valence-electron chi connectivity index (χ4n) is 9.44. The maximum atomic E-state index is 2.55. The zero-order chi connectivity index (χ0) is 29.6. The first-order valence-corrected chi connectivity index (χ1v) is 21.7. The van der Waals surface area contributed by atoms with Gasteiger partial charge in [-0.15, -0.1) is 80.7 Å². The summed E-state index contributed by atoms with van der Waals surface area (Å²) in [4.78, 5) is 0. The molecule has 0 radical (unpaired) electrons. The van der Waals surface area contributed by atoms with E-state index in [2.05, 4.69) is 72.8 Å². The van der Waals surface area contributed by atoms with Crippen molar-refractivity contribution in [3.05, 3.63) is 72.8 Å². The SMILES string of the molecule is [F-].[F-].[Zr+4].c1ccc2[cH-]c(P(C3CCCCC3)C3CCCCC3)cc2c1.c1ccc2[cH-]c(P(C3CCCCC3)C3CCCCC3)cc2c1. The summed E-state index contributed by atoms with van der Waals surface area (Å²) >= 11 is 0. The smallest absolute Gasteiger partial charge is 1.00 e. The molecule has 4 aromatic rings. The van der Waals surface area contributed by atoms with E-state index < -0.39 is 0 Å². The summed E-state index contributed by atoms with van der Waals surface area (Å²) in [6.07, 6.45) is 29.8. The molecule has 0 saturated heterocycles. The number of benzene rings is 2. The molecule has 8 rings (SSSR count). The van der Waals surface area contributed by atoms with Crippen molar-refractivity contribution in [2.45, 2.75) is 151 Å². The van der Waals surface area contributed by atoms with Gasteiger partial charge in [-0.05, 0) is 74.0 Å². The van der Waals surface area contributed by atoms with Gasteiger partial charge in [0, 0.05) is 0 Å². The van der Waals surface area contributed by atoms with Crippen LogP contribution in [0.4, 0.5) is 0 Å². The molecule has 4 aromatic carbocycles. The van der Waals surface area contributed by atoms with Crippen LogP contribution in [-0.4, -0.2) is 22.6 Å². The summed E-state index contributed by atoms with van der Waals surface area (Å²) in [6.45, 7) is 0. The molecule has 0 heterocycles. The number of fused-ring (bicyclic) bond motifs is 2. The summed E-state index contributed by atoms with van der Waals surface area (Å²) in [6, 6.07) is 28.1. The Hall–Kier alpha value is -0.737. The van der Waals surface area contributed by atoms with Gasteiger partial charge < -0.3 is 9.41 Å². The van der Waals surface area contributed by atoms with Crippen LogP contribution in [0, 0.1) is 0 Å². The molecule has 4 fully saturated rings. The Labute approximate surface area is 305 Å². The Balaban J connectivity index is 0.000000200. The summed E-state index contributed by atoms with van der Waals surface area (Å²) in [7, 11) is 0.122. The van der Waals surface area contributed by atoms with Crippen molar-refractivity contribution in [3.8, 4) is 0 Å². The summed E-state index contributed by atoms with van der Waals surface area (Å²) in [5.41, 5.74) is 4.07. The van der Waals surface area contributed by atoms with E-state index in [4.69, 9.17) is 0 Å². The Bertz CT molecular complexity index is 1230. The van der Waals surface area contributed by atoms with Crippen molar-refractivity contribution in [2.24, 2.45) is 0 Å². The minimum atomic E-state index is 0. The van der Waals surface area contributed by atoms with Crippen molar-refractivity contribution in [3.63, 3.8) is 0 Å². The average molecular weight is 752 g/mol. The molecule has 0 bridgehead atoms. The second-order valence-corrected chi connectivity index (χ2v) is 20.2. The molecule has 0 unspecified atom stereocenters. The topological polar surface area (TPSA) is 0 Å². The quantitative estimate of drug-likeness (QED) is 0.153. The molecular weight excluding hydrogens is 696 g/mol. The fourth-order valence-corrected chi connectivity index (χ4v) is 17.2. The largest absolute Gasteiger partial charge is 4.00 e. The zero-order valence-corrected chi connectivity index (χ0v) is 32.8. The van der Waals surface area contributed by atoms with Crippen LogP contribution in [0.2, 0.25) is 0 Å². The van der Waals surface area contributed by atoms with Crippen LogP contribution in [0.25, 0.3) is 21.5 Å². The van der Waals surface area contributed by atoms with Gasteiger partial charge in [-0.3, -0.25) is 0 Å². The van der Waals surface area contributed by atoms with Crippen LogP contribution in [0.1, 0.15) is 128 Å². The van der Waals surface area contributed by atoms with Gasteiger partial charge in [0.15, 0.2) is 0 Å². The molecule has 0 aromatic heterocycles. The van der Waals surface area contributed by atoms with Gasteiger partial charge in [0.05, 0.1) is 0 Å². The van der Waals surface area contributed by atoms with E-state index in [1.54, 1.807) is 10.6 Å². The van der Waals surface area contributed by atoms with E-state index in [1.165, 1.54) is 150 Å². The first-order chi connectivity index (χ1) is 21.8. The Morgan fingerprint density at radius 2 is 0.681 bits per heavy atom. The van der Waals surface area contributed by atoms with Gasteiger partial charge in [0.1, 0.15) is 0 Å². The Morgan fingerprint density at radius 3 is 0.957 bits per heavy atom. The van der Waals surface area contributed by atoms with Gasteiger partial charge in [-0.1, -0.05) is 105 Å². The maximum absolute atomic E-state index is 2.55. The maximum Gasteiger partial charge on any atom is 4.00 e. The predicted octanol–water partition coefficient (Wildman–Crippen LogP) is 6.67. The Kier molecular flexibility index (Phi) is 16.3. The molecule has 0 nitrogen and oxygen atoms in total. The van der Waals surface area contributed by atoms with E-state index >= 15 is 0 Å². The molecule has 5 heteroatoms. The molecule has 252 valence electrons. The number of rotatable bonds is 6. The monoisotopic (exact) mass is 750 g/mol. The normalized spacial score (nSPS) is 20.3. The molecular formula is C42H56F2P2Zr. The van der Waals surface area contributed by atoms with Crippen molar-refractivity contribution in [2.75, 3.05) is 0 Å². The van der Waals surface area contributed by atoms with E-state index in [1.807, 2.05) is 0 Å². The summed E-state index contributed by atoms with van der Waals surface area (Å²) in [5.74, 6) is 0. The van der Waals surface area contributed by atoms with Crippen LogP contribution in [0.5, 0.6) is 0 Å². The molecule has 0 amide bonds. The summed E-state index contributed by atoms with van der Waals surface area (Å²) < 4.78 is 0. The Morgan fingerprint density at radius 1 is 0.404 bits per heavy atom. The van der Waals surface area contributed by atoms with Gasteiger partial charge in [-0.2, -0.15) is 12.1 Å². The second-order valence-electron chi connectivity index (χ2n) is 14.7. The second kappa shape index (κ2) is 19.6. The third-order valence-electron chi connectivity index (χ3n) is 11.7. The van der Waals surface area contributed by atoms with Crippen molar-refractivity contribution < 1.29 is 35.6 Å². The van der Waals surface area contributed by atoms with E-state index in [9.17, 15) is 0 Å². The molecule has 0 spiro atoms. The van der Waals surface area contributed by atoms with E-state index in [-0.39, 0.29) is 51.5 Å². The molecule has 0 aliphatic heterocycles. The van der Waals surface area contributed by atoms with Gasteiger partial charge in [-0.25, -0.2) is 0 Å². The third kappa shape index (κ3) is 9.74. The predicted molar refractivity (Wildman–Crippen MR) is 200 cm³/mol. The molecule has 0 N–H and O–H groups in total. The van der Waals surface area contributed by atoms with Crippen LogP contribution < -0.4 is 20.0 Å². The van der Waals surface area contributed by atoms with Gasteiger partial charge in [0.2, 0.25) is 0 Å². The summed E-state index contributed by atoms with van der Waals surface area (Å²) in [5, 5.41) is 9.34. The zero-order valence-electron chi connectivity index (χ0n) is 28.5. The van der Waals surface area contributed by atoms with Crippen molar-refractivity contribution in [1.29, 1.82) is 0 Å². The van der Waals surface area contributed by atoms with Crippen LogP contribution >= 0.6 is 15.8 Å². The molecule has 4 aliphatic carbocycles. The first-order valence-electron chi connectivity index (χ1n) is 18.7. The first kappa shape index (κ1) is 39.1. The van der Waals surface area contributed by atoms with Crippen LogP contribution in [0.3, 0.4) is 0 Å². The minimum Gasteiger partial charge on any atom is -1.00 e. The van der Waals surface area contributed by atoms with Crippen molar-refractivity contribution >= 4 is 48.0 Å². The van der Waals surface area contributed by atoms with Crippen LogP contribution in [-0.2, 0) is 26.2 Å².